The summed E-state index contributed by atoms with van der Waals surface area (Å²) in [4.78, 5) is 21.9. The summed E-state index contributed by atoms with van der Waals surface area (Å²) in [5, 5.41) is 3.79. The van der Waals surface area contributed by atoms with Gasteiger partial charge in [0, 0.05) is 12.2 Å². The van der Waals surface area contributed by atoms with Crippen molar-refractivity contribution < 1.29 is 0 Å². The Balaban J connectivity index is 1.48. The molecule has 1 aromatic heterocycles. The lowest BCUT2D eigenvalue weighted by Crippen LogP contribution is -2.29. The summed E-state index contributed by atoms with van der Waals surface area (Å²) in [6.45, 7) is 3.40. The van der Waals surface area contributed by atoms with Crippen LogP contribution in [0.1, 0.15) is 24.8 Å². The molecule has 25 heavy (non-hydrogen) atoms. The predicted molar refractivity (Wildman–Crippen MR) is 101 cm³/mol. The maximum absolute atomic E-state index is 12.1. The van der Waals surface area contributed by atoms with Crippen molar-refractivity contribution in [1.29, 1.82) is 0 Å². The van der Waals surface area contributed by atoms with Crippen LogP contribution in [0, 0.1) is 0 Å². The van der Waals surface area contributed by atoms with Crippen LogP contribution in [0.25, 0.3) is 10.9 Å². The van der Waals surface area contributed by atoms with E-state index in [1.807, 2.05) is 30.3 Å². The summed E-state index contributed by atoms with van der Waals surface area (Å²) in [5.41, 5.74) is 2.79. The molecule has 1 saturated heterocycles. The fraction of sp³-hybridized carbons (Fsp3) is 0.300. The summed E-state index contributed by atoms with van der Waals surface area (Å²) < 4.78 is 0. The van der Waals surface area contributed by atoms with Crippen LogP contribution in [0.2, 0.25) is 0 Å². The number of fused-ring (bicyclic) bond motifs is 1. The number of para-hydroxylation sites is 1. The molecule has 4 rings (SSSR count). The lowest BCUT2D eigenvalue weighted by atomic mass is 10.1. The van der Waals surface area contributed by atoms with Crippen LogP contribution in [0.3, 0.4) is 0 Å². The first kappa shape index (κ1) is 15.8. The van der Waals surface area contributed by atoms with Crippen LogP contribution in [0.5, 0.6) is 0 Å². The second kappa shape index (κ2) is 7.07. The molecule has 1 fully saturated rings. The molecule has 128 valence electrons. The molecule has 5 nitrogen and oxygen atoms in total. The topological polar surface area (TPSA) is 61.0 Å². The summed E-state index contributed by atoms with van der Waals surface area (Å²) >= 11 is 0. The summed E-state index contributed by atoms with van der Waals surface area (Å²) in [6.07, 6.45) is 3.97. The second-order valence-electron chi connectivity index (χ2n) is 6.59. The fourth-order valence-corrected chi connectivity index (χ4v) is 3.35. The van der Waals surface area contributed by atoms with Crippen molar-refractivity contribution in [2.75, 3.05) is 18.4 Å². The highest BCUT2D eigenvalue weighted by atomic mass is 16.1. The van der Waals surface area contributed by atoms with Crippen LogP contribution in [0.4, 0.5) is 11.6 Å². The molecule has 2 heterocycles. The summed E-state index contributed by atoms with van der Waals surface area (Å²) in [5.74, 6) is 0.465. The largest absolute Gasteiger partial charge is 0.326 e. The van der Waals surface area contributed by atoms with Gasteiger partial charge in [0.1, 0.15) is 0 Å². The van der Waals surface area contributed by atoms with Gasteiger partial charge >= 0.3 is 0 Å². The molecule has 3 aromatic rings. The molecule has 1 aliphatic rings. The number of aromatic amines is 1. The van der Waals surface area contributed by atoms with Gasteiger partial charge in [0.2, 0.25) is 5.95 Å². The van der Waals surface area contributed by atoms with Crippen LogP contribution in [-0.4, -0.2) is 28.0 Å². The van der Waals surface area contributed by atoms with Crippen molar-refractivity contribution in [3.8, 4) is 0 Å². The fourth-order valence-electron chi connectivity index (χ4n) is 3.35. The number of anilines is 2. The van der Waals surface area contributed by atoms with Crippen molar-refractivity contribution >= 4 is 22.5 Å². The molecule has 0 spiro atoms. The quantitative estimate of drug-likeness (QED) is 0.764. The van der Waals surface area contributed by atoms with E-state index in [0.29, 0.717) is 16.9 Å². The van der Waals surface area contributed by atoms with Gasteiger partial charge in [0.05, 0.1) is 10.9 Å². The highest BCUT2D eigenvalue weighted by Crippen LogP contribution is 2.17. The number of nitrogens with zero attached hydrogens (tertiary/aromatic N) is 2. The Morgan fingerprint density at radius 2 is 1.76 bits per heavy atom. The standard InChI is InChI=1S/C20H22N4O/c25-19-17-6-2-3-7-18(17)22-20(23-19)21-16-10-8-15(9-11-16)14-24-12-4-1-5-13-24/h2-3,6-11H,1,4-5,12-14H2,(H2,21,22,23,25). The SMILES string of the molecule is O=c1[nH]c(Nc2ccc(CN3CCCCC3)cc2)nc2ccccc12. The Kier molecular flexibility index (Phi) is 4.48. The molecule has 0 aliphatic carbocycles. The summed E-state index contributed by atoms with van der Waals surface area (Å²) in [6, 6.07) is 15.7. The second-order valence-corrected chi connectivity index (χ2v) is 6.59. The highest BCUT2D eigenvalue weighted by Gasteiger charge is 2.10. The normalized spacial score (nSPS) is 15.4. The van der Waals surface area contributed by atoms with E-state index in [9.17, 15) is 4.79 Å². The third-order valence-corrected chi connectivity index (χ3v) is 4.68. The Hall–Kier alpha value is -2.66. The lowest BCUT2D eigenvalue weighted by molar-refractivity contribution is 0.221. The van der Waals surface area contributed by atoms with E-state index in [2.05, 4.69) is 32.3 Å². The first-order valence-corrected chi connectivity index (χ1v) is 8.85. The van der Waals surface area contributed by atoms with Gasteiger partial charge in [0.15, 0.2) is 0 Å². The van der Waals surface area contributed by atoms with E-state index in [4.69, 9.17) is 0 Å². The molecule has 0 radical (unpaired) electrons. The van der Waals surface area contributed by atoms with Gasteiger partial charge < -0.3 is 5.32 Å². The van der Waals surface area contributed by atoms with E-state index in [0.717, 1.165) is 12.2 Å². The molecule has 1 aliphatic heterocycles. The maximum Gasteiger partial charge on any atom is 0.260 e. The van der Waals surface area contributed by atoms with Gasteiger partial charge in [-0.2, -0.15) is 0 Å². The molecular formula is C20H22N4O. The number of likely N-dealkylation sites (tertiary alicyclic amines) is 1. The van der Waals surface area contributed by atoms with E-state index in [1.165, 1.54) is 37.9 Å². The average Bonchev–Trinajstić information content (AvgIpc) is 2.64. The molecule has 0 bridgehead atoms. The van der Waals surface area contributed by atoms with Gasteiger partial charge in [-0.25, -0.2) is 4.98 Å². The average molecular weight is 334 g/mol. The monoisotopic (exact) mass is 334 g/mol. The molecule has 0 saturated carbocycles. The number of nitrogens with one attached hydrogen (secondary N) is 2. The Labute approximate surface area is 146 Å². The molecule has 0 atom stereocenters. The van der Waals surface area contributed by atoms with Crippen LogP contribution in [0.15, 0.2) is 53.3 Å². The maximum atomic E-state index is 12.1. The lowest BCUT2D eigenvalue weighted by Gasteiger charge is -2.26. The smallest absolute Gasteiger partial charge is 0.260 e. The van der Waals surface area contributed by atoms with Crippen molar-refractivity contribution in [1.82, 2.24) is 14.9 Å². The zero-order chi connectivity index (χ0) is 17.1. The third kappa shape index (κ3) is 3.72. The molecule has 2 aromatic carbocycles. The number of hydrogen-bond donors (Lipinski definition) is 2. The number of hydrogen-bond acceptors (Lipinski definition) is 4. The minimum absolute atomic E-state index is 0.130. The van der Waals surface area contributed by atoms with Crippen molar-refractivity contribution in [2.45, 2.75) is 25.8 Å². The van der Waals surface area contributed by atoms with E-state index in [-0.39, 0.29) is 5.56 Å². The van der Waals surface area contributed by atoms with Gasteiger partial charge in [-0.15, -0.1) is 0 Å². The van der Waals surface area contributed by atoms with E-state index >= 15 is 0 Å². The Morgan fingerprint density at radius 1 is 1.00 bits per heavy atom. The number of H-pyrrole nitrogens is 1. The predicted octanol–water partition coefficient (Wildman–Crippen LogP) is 3.65. The van der Waals surface area contributed by atoms with Crippen molar-refractivity contribution in [2.24, 2.45) is 0 Å². The van der Waals surface area contributed by atoms with E-state index in [1.54, 1.807) is 6.07 Å². The zero-order valence-corrected chi connectivity index (χ0v) is 14.2. The number of piperidine rings is 1. The molecule has 0 unspecified atom stereocenters. The minimum Gasteiger partial charge on any atom is -0.326 e. The highest BCUT2D eigenvalue weighted by molar-refractivity contribution is 5.78. The Bertz CT molecular complexity index is 911. The first-order chi connectivity index (χ1) is 12.3. The molecule has 5 heteroatoms. The molecular weight excluding hydrogens is 312 g/mol. The number of benzene rings is 2. The third-order valence-electron chi connectivity index (χ3n) is 4.68. The zero-order valence-electron chi connectivity index (χ0n) is 14.2. The van der Waals surface area contributed by atoms with Crippen LogP contribution >= 0.6 is 0 Å². The number of aromatic nitrogens is 2. The number of rotatable bonds is 4. The van der Waals surface area contributed by atoms with Gasteiger partial charge in [-0.3, -0.25) is 14.7 Å². The van der Waals surface area contributed by atoms with E-state index < -0.39 is 0 Å². The van der Waals surface area contributed by atoms with Crippen LogP contribution < -0.4 is 10.9 Å². The molecule has 2 N–H and O–H groups in total. The van der Waals surface area contributed by atoms with Gasteiger partial charge in [-0.1, -0.05) is 30.7 Å². The Morgan fingerprint density at radius 3 is 2.56 bits per heavy atom. The van der Waals surface area contributed by atoms with Gasteiger partial charge in [-0.05, 0) is 55.8 Å². The first-order valence-electron chi connectivity index (χ1n) is 8.85. The minimum atomic E-state index is -0.130. The van der Waals surface area contributed by atoms with Crippen LogP contribution in [-0.2, 0) is 6.54 Å². The summed E-state index contributed by atoms with van der Waals surface area (Å²) in [7, 11) is 0. The van der Waals surface area contributed by atoms with Crippen molar-refractivity contribution in [3.63, 3.8) is 0 Å². The van der Waals surface area contributed by atoms with Crippen molar-refractivity contribution in [3.05, 3.63) is 64.4 Å². The van der Waals surface area contributed by atoms with Gasteiger partial charge in [0.25, 0.3) is 5.56 Å². The molecule has 0 amide bonds.